The largest absolute Gasteiger partial charge is 0.338 e. The lowest BCUT2D eigenvalue weighted by molar-refractivity contribution is -0.128. The molecule has 0 spiro atoms. The van der Waals surface area contributed by atoms with Crippen LogP contribution in [0.5, 0.6) is 0 Å². The highest BCUT2D eigenvalue weighted by molar-refractivity contribution is 7.99. The van der Waals surface area contributed by atoms with Gasteiger partial charge in [0, 0.05) is 24.5 Å². The number of thiophene rings is 1. The predicted octanol–water partition coefficient (Wildman–Crippen LogP) is 4.64. The molecule has 2 heterocycles. The molecule has 4 rings (SSSR count). The normalized spacial score (nSPS) is 13.4. The number of nitrogens with zero attached hydrogens (tertiary/aromatic N) is 3. The van der Waals surface area contributed by atoms with Crippen molar-refractivity contribution in [2.24, 2.45) is 0 Å². The number of amides is 1. The third-order valence-electron chi connectivity index (χ3n) is 5.68. The SMILES string of the molecule is CCN(Cc1cccc(F)c1)C(=O)CSc1nc2sc3c(c2c(=O)n1CC)CCCC3. The van der Waals surface area contributed by atoms with E-state index in [2.05, 4.69) is 0 Å². The first-order valence-corrected chi connectivity index (χ1v) is 12.5. The highest BCUT2D eigenvalue weighted by Gasteiger charge is 2.22. The Balaban J connectivity index is 1.55. The van der Waals surface area contributed by atoms with E-state index in [1.807, 2.05) is 19.9 Å². The number of halogens is 1. The molecule has 0 fully saturated rings. The van der Waals surface area contributed by atoms with Crippen molar-refractivity contribution in [2.45, 2.75) is 57.8 Å². The van der Waals surface area contributed by atoms with Gasteiger partial charge in [0.15, 0.2) is 5.16 Å². The average Bonchev–Trinajstić information content (AvgIpc) is 3.14. The summed E-state index contributed by atoms with van der Waals surface area (Å²) in [5, 5.41) is 1.37. The standard InChI is InChI=1S/C23H26FN3O2S2/c1-3-26(13-15-8-7-9-16(24)12-15)19(28)14-30-23-25-21-20(22(29)27(23)4-2)17-10-5-6-11-18(17)31-21/h7-9,12H,3-6,10-11,13-14H2,1-2H3. The van der Waals surface area contributed by atoms with Crippen LogP contribution in [0.25, 0.3) is 10.2 Å². The Kier molecular flexibility index (Phi) is 6.77. The Morgan fingerprint density at radius 2 is 2.10 bits per heavy atom. The van der Waals surface area contributed by atoms with Gasteiger partial charge in [-0.1, -0.05) is 23.9 Å². The molecule has 5 nitrogen and oxygen atoms in total. The zero-order valence-corrected chi connectivity index (χ0v) is 19.5. The summed E-state index contributed by atoms with van der Waals surface area (Å²) in [6, 6.07) is 6.31. The second-order valence-electron chi connectivity index (χ2n) is 7.66. The van der Waals surface area contributed by atoms with Gasteiger partial charge in [0.25, 0.3) is 5.56 Å². The van der Waals surface area contributed by atoms with E-state index in [1.54, 1.807) is 26.9 Å². The molecule has 0 bridgehead atoms. The summed E-state index contributed by atoms with van der Waals surface area (Å²) in [4.78, 5) is 34.6. The minimum absolute atomic E-state index is 0.00829. The molecule has 0 radical (unpaired) electrons. The van der Waals surface area contributed by atoms with Gasteiger partial charge in [-0.15, -0.1) is 11.3 Å². The van der Waals surface area contributed by atoms with Crippen LogP contribution >= 0.6 is 23.1 Å². The van der Waals surface area contributed by atoms with Crippen LogP contribution in [0.1, 0.15) is 42.7 Å². The van der Waals surface area contributed by atoms with E-state index < -0.39 is 0 Å². The van der Waals surface area contributed by atoms with Gasteiger partial charge in [0.05, 0.1) is 11.1 Å². The maximum Gasteiger partial charge on any atom is 0.263 e. The summed E-state index contributed by atoms with van der Waals surface area (Å²) in [6.45, 7) is 5.24. The van der Waals surface area contributed by atoms with Crippen molar-refractivity contribution in [1.29, 1.82) is 0 Å². The fourth-order valence-electron chi connectivity index (χ4n) is 4.06. The Morgan fingerprint density at radius 1 is 1.29 bits per heavy atom. The molecule has 0 saturated heterocycles. The molecular formula is C23H26FN3O2S2. The lowest BCUT2D eigenvalue weighted by Crippen LogP contribution is -2.32. The maximum absolute atomic E-state index is 13.5. The minimum atomic E-state index is -0.307. The van der Waals surface area contributed by atoms with Crippen molar-refractivity contribution in [3.05, 3.63) is 56.4 Å². The van der Waals surface area contributed by atoms with Crippen LogP contribution in [0, 0.1) is 5.82 Å². The van der Waals surface area contributed by atoms with E-state index in [0.29, 0.717) is 24.8 Å². The second-order valence-corrected chi connectivity index (χ2v) is 9.69. The van der Waals surface area contributed by atoms with Crippen molar-refractivity contribution < 1.29 is 9.18 Å². The second kappa shape index (κ2) is 9.53. The predicted molar refractivity (Wildman–Crippen MR) is 124 cm³/mol. The van der Waals surface area contributed by atoms with Crippen LogP contribution in [0.15, 0.2) is 34.2 Å². The van der Waals surface area contributed by atoms with Crippen molar-refractivity contribution in [2.75, 3.05) is 12.3 Å². The summed E-state index contributed by atoms with van der Waals surface area (Å²) in [6.07, 6.45) is 4.25. The van der Waals surface area contributed by atoms with Crippen LogP contribution in [-0.4, -0.2) is 32.7 Å². The first-order valence-electron chi connectivity index (χ1n) is 10.7. The number of aryl methyl sites for hydroxylation is 2. The molecular weight excluding hydrogens is 433 g/mol. The molecule has 0 N–H and O–H groups in total. The molecule has 1 aromatic carbocycles. The molecule has 31 heavy (non-hydrogen) atoms. The lowest BCUT2D eigenvalue weighted by Gasteiger charge is -2.21. The van der Waals surface area contributed by atoms with Crippen molar-refractivity contribution >= 4 is 39.2 Å². The Morgan fingerprint density at radius 3 is 2.84 bits per heavy atom. The van der Waals surface area contributed by atoms with Gasteiger partial charge in [-0.3, -0.25) is 14.2 Å². The Hall–Kier alpha value is -2.19. The number of hydrogen-bond donors (Lipinski definition) is 0. The smallest absolute Gasteiger partial charge is 0.263 e. The summed E-state index contributed by atoms with van der Waals surface area (Å²) in [5.74, 6) is -0.177. The molecule has 3 aromatic rings. The monoisotopic (exact) mass is 459 g/mol. The van der Waals surface area contributed by atoms with E-state index in [1.165, 1.54) is 34.3 Å². The van der Waals surface area contributed by atoms with Crippen molar-refractivity contribution in [1.82, 2.24) is 14.5 Å². The van der Waals surface area contributed by atoms with Crippen LogP contribution in [-0.2, 0) is 30.7 Å². The van der Waals surface area contributed by atoms with E-state index >= 15 is 0 Å². The quantitative estimate of drug-likeness (QED) is 0.382. The summed E-state index contributed by atoms with van der Waals surface area (Å²) in [5.41, 5.74) is 1.95. The number of rotatable bonds is 7. The zero-order valence-electron chi connectivity index (χ0n) is 17.8. The first-order chi connectivity index (χ1) is 15.0. The molecule has 1 aliphatic carbocycles. The van der Waals surface area contributed by atoms with Gasteiger partial charge in [0.2, 0.25) is 5.91 Å². The third-order valence-corrected chi connectivity index (χ3v) is 7.82. The van der Waals surface area contributed by atoms with E-state index in [-0.39, 0.29) is 23.0 Å². The van der Waals surface area contributed by atoms with Crippen LogP contribution in [0.4, 0.5) is 4.39 Å². The number of fused-ring (bicyclic) bond motifs is 3. The van der Waals surface area contributed by atoms with Gasteiger partial charge in [-0.05, 0) is 62.8 Å². The molecule has 0 unspecified atom stereocenters. The van der Waals surface area contributed by atoms with Crippen molar-refractivity contribution in [3.8, 4) is 0 Å². The maximum atomic E-state index is 13.5. The number of carbonyl (C=O) groups excluding carboxylic acids is 1. The molecule has 1 aliphatic rings. The first kappa shape index (κ1) is 22.0. The van der Waals surface area contributed by atoms with Crippen molar-refractivity contribution in [3.63, 3.8) is 0 Å². The van der Waals surface area contributed by atoms with Gasteiger partial charge in [-0.2, -0.15) is 0 Å². The molecule has 0 aliphatic heterocycles. The number of benzene rings is 1. The molecule has 0 saturated carbocycles. The van der Waals surface area contributed by atoms with Gasteiger partial charge in [-0.25, -0.2) is 9.37 Å². The number of hydrogen-bond acceptors (Lipinski definition) is 5. The van der Waals surface area contributed by atoms with E-state index in [9.17, 15) is 14.0 Å². The molecule has 164 valence electrons. The Labute approximate surface area is 189 Å². The van der Waals surface area contributed by atoms with Crippen LogP contribution in [0.3, 0.4) is 0 Å². The van der Waals surface area contributed by atoms with Gasteiger partial charge >= 0.3 is 0 Å². The number of carbonyl (C=O) groups is 1. The summed E-state index contributed by atoms with van der Waals surface area (Å²) >= 11 is 2.93. The third kappa shape index (κ3) is 4.55. The molecule has 2 aromatic heterocycles. The molecule has 0 atom stereocenters. The lowest BCUT2D eigenvalue weighted by atomic mass is 9.97. The number of aromatic nitrogens is 2. The van der Waals surface area contributed by atoms with Gasteiger partial charge < -0.3 is 4.90 Å². The summed E-state index contributed by atoms with van der Waals surface area (Å²) in [7, 11) is 0. The molecule has 8 heteroatoms. The van der Waals surface area contributed by atoms with Crippen LogP contribution < -0.4 is 5.56 Å². The van der Waals surface area contributed by atoms with E-state index in [0.717, 1.165) is 41.5 Å². The van der Waals surface area contributed by atoms with E-state index in [4.69, 9.17) is 4.98 Å². The van der Waals surface area contributed by atoms with Gasteiger partial charge in [0.1, 0.15) is 10.6 Å². The molecule has 1 amide bonds. The highest BCUT2D eigenvalue weighted by Crippen LogP contribution is 2.34. The minimum Gasteiger partial charge on any atom is -0.338 e. The average molecular weight is 460 g/mol. The Bertz CT molecular complexity index is 1170. The fraction of sp³-hybridized carbons (Fsp3) is 0.435. The van der Waals surface area contributed by atoms with Crippen LogP contribution in [0.2, 0.25) is 0 Å². The highest BCUT2D eigenvalue weighted by atomic mass is 32.2. The number of thioether (sulfide) groups is 1. The topological polar surface area (TPSA) is 55.2 Å². The zero-order chi connectivity index (χ0) is 22.0. The summed E-state index contributed by atoms with van der Waals surface area (Å²) < 4.78 is 15.2. The fourth-order valence-corrected chi connectivity index (χ4v) is 6.33.